The quantitative estimate of drug-likeness (QED) is 0.746. The average molecular weight is 399 g/mol. The first-order chi connectivity index (χ1) is 13.2. The number of hydrogen-bond acceptors (Lipinski definition) is 4. The van der Waals surface area contributed by atoms with Crippen molar-refractivity contribution >= 4 is 28.2 Å². The highest BCUT2D eigenvalue weighted by Crippen LogP contribution is 2.49. The molecule has 0 spiro atoms. The number of carbonyl (C=O) groups is 2. The second-order valence-corrected chi connectivity index (χ2v) is 10.6. The topological polar surface area (TPSA) is 90.2 Å². The Morgan fingerprint density at radius 2 is 1.93 bits per heavy atom. The van der Waals surface area contributed by atoms with Gasteiger partial charge in [0.05, 0.1) is 17.4 Å². The van der Waals surface area contributed by atoms with E-state index in [9.17, 15) is 20.0 Å². The molecular weight excluding hydrogens is 372 g/mol. The Morgan fingerprint density at radius 3 is 2.54 bits per heavy atom. The highest BCUT2D eigenvalue weighted by atomic mass is 32.1. The molecule has 3 aliphatic rings. The maximum atomic E-state index is 13.0. The van der Waals surface area contributed by atoms with Crippen molar-refractivity contribution in [3.8, 4) is 6.07 Å². The normalized spacial score (nSPS) is 30.7. The lowest BCUT2D eigenvalue weighted by atomic mass is 9.72. The van der Waals surface area contributed by atoms with Crippen LogP contribution in [0.4, 0.5) is 5.00 Å². The number of allylic oxidation sites excluding steroid dienone is 2. The van der Waals surface area contributed by atoms with Gasteiger partial charge in [-0.15, -0.1) is 11.3 Å². The lowest BCUT2D eigenvalue weighted by Gasteiger charge is -2.33. The number of fused-ring (bicyclic) bond motifs is 3. The van der Waals surface area contributed by atoms with E-state index in [-0.39, 0.29) is 23.2 Å². The van der Waals surface area contributed by atoms with Crippen LogP contribution in [0.5, 0.6) is 0 Å². The van der Waals surface area contributed by atoms with Crippen LogP contribution in [0.3, 0.4) is 0 Å². The molecule has 1 aromatic rings. The van der Waals surface area contributed by atoms with Crippen LogP contribution in [-0.4, -0.2) is 17.0 Å². The van der Waals surface area contributed by atoms with E-state index in [1.54, 1.807) is 0 Å². The summed E-state index contributed by atoms with van der Waals surface area (Å²) in [5.74, 6) is -1.90. The van der Waals surface area contributed by atoms with Crippen LogP contribution in [-0.2, 0) is 22.4 Å². The summed E-state index contributed by atoms with van der Waals surface area (Å²) >= 11 is 1.50. The molecule has 1 heterocycles. The monoisotopic (exact) mass is 398 g/mol. The number of carboxylic acid groups (broad SMARTS) is 1. The molecule has 0 aliphatic heterocycles. The number of thiophene rings is 1. The zero-order valence-corrected chi connectivity index (χ0v) is 17.3. The number of aliphatic carboxylic acids is 1. The van der Waals surface area contributed by atoms with Gasteiger partial charge >= 0.3 is 5.97 Å². The van der Waals surface area contributed by atoms with E-state index in [0.29, 0.717) is 16.5 Å². The minimum absolute atomic E-state index is 0.0171. The number of carbonyl (C=O) groups excluding carboxylic acids is 1. The fourth-order valence-corrected chi connectivity index (χ4v) is 6.52. The summed E-state index contributed by atoms with van der Waals surface area (Å²) < 4.78 is 0. The van der Waals surface area contributed by atoms with Crippen molar-refractivity contribution in [2.45, 2.75) is 46.5 Å². The molecule has 1 amide bonds. The van der Waals surface area contributed by atoms with Crippen LogP contribution in [0.25, 0.3) is 0 Å². The molecule has 2 N–H and O–H groups in total. The molecule has 0 unspecified atom stereocenters. The van der Waals surface area contributed by atoms with E-state index < -0.39 is 17.8 Å². The number of amides is 1. The first-order valence-electron chi connectivity index (χ1n) is 9.97. The number of nitriles is 1. The first kappa shape index (κ1) is 19.2. The smallest absolute Gasteiger partial charge is 0.307 e. The number of rotatable bonds is 3. The highest BCUT2D eigenvalue weighted by Gasteiger charge is 2.51. The van der Waals surface area contributed by atoms with E-state index in [2.05, 4.69) is 32.2 Å². The Bertz CT molecular complexity index is 902. The number of hydrogen-bond donors (Lipinski definition) is 2. The molecule has 0 radical (unpaired) electrons. The van der Waals surface area contributed by atoms with Gasteiger partial charge in [-0.25, -0.2) is 0 Å². The molecular formula is C22H26N2O3S. The van der Waals surface area contributed by atoms with Gasteiger partial charge in [0.1, 0.15) is 11.1 Å². The van der Waals surface area contributed by atoms with Crippen LogP contribution in [0, 0.1) is 46.3 Å². The lowest BCUT2D eigenvalue weighted by molar-refractivity contribution is -0.146. The second kappa shape index (κ2) is 6.73. The second-order valence-electron chi connectivity index (χ2n) is 9.45. The third kappa shape index (κ3) is 3.06. The predicted octanol–water partition coefficient (Wildman–Crippen LogP) is 4.23. The van der Waals surface area contributed by atoms with Crippen molar-refractivity contribution < 1.29 is 14.7 Å². The molecule has 28 heavy (non-hydrogen) atoms. The molecule has 148 valence electrons. The van der Waals surface area contributed by atoms with Crippen molar-refractivity contribution in [1.82, 2.24) is 0 Å². The standard InChI is InChI=1S/C22H26N2O3S/c1-22(2,3)13-6-7-14-15(10-23)20(28-16(14)9-13)24-19(25)17-11-4-5-12(8-11)18(17)21(26)27/h4-5,11-13,17-18H,6-9H2,1-3H3,(H,24,25)(H,26,27)/t11-,12-,13-,17+,18-/m0/s1. The largest absolute Gasteiger partial charge is 0.481 e. The lowest BCUT2D eigenvalue weighted by Crippen LogP contribution is -2.36. The molecule has 1 fully saturated rings. The molecule has 6 heteroatoms. The Morgan fingerprint density at radius 1 is 1.25 bits per heavy atom. The fourth-order valence-electron chi connectivity index (χ4n) is 5.24. The maximum Gasteiger partial charge on any atom is 0.307 e. The van der Waals surface area contributed by atoms with Gasteiger partial charge in [-0.1, -0.05) is 32.9 Å². The summed E-state index contributed by atoms with van der Waals surface area (Å²) in [5.41, 5.74) is 1.86. The van der Waals surface area contributed by atoms with E-state index in [1.165, 1.54) is 16.2 Å². The van der Waals surface area contributed by atoms with Crippen LogP contribution in [0.15, 0.2) is 12.2 Å². The van der Waals surface area contributed by atoms with Crippen molar-refractivity contribution in [3.05, 3.63) is 28.2 Å². The van der Waals surface area contributed by atoms with Gasteiger partial charge in [0, 0.05) is 4.88 Å². The summed E-state index contributed by atoms with van der Waals surface area (Å²) in [6.45, 7) is 6.75. The van der Waals surface area contributed by atoms with Gasteiger partial charge in [-0.05, 0) is 54.4 Å². The van der Waals surface area contributed by atoms with Gasteiger partial charge in [0.15, 0.2) is 0 Å². The van der Waals surface area contributed by atoms with Crippen molar-refractivity contribution in [1.29, 1.82) is 5.26 Å². The number of anilines is 1. The van der Waals surface area contributed by atoms with E-state index in [4.69, 9.17) is 0 Å². The zero-order valence-electron chi connectivity index (χ0n) is 16.5. The summed E-state index contributed by atoms with van der Waals surface area (Å²) in [7, 11) is 0. The molecule has 1 saturated carbocycles. The van der Waals surface area contributed by atoms with Crippen molar-refractivity contribution in [3.63, 3.8) is 0 Å². The van der Waals surface area contributed by atoms with Crippen molar-refractivity contribution in [2.24, 2.45) is 35.0 Å². The molecule has 0 saturated heterocycles. The van der Waals surface area contributed by atoms with E-state index in [0.717, 1.165) is 31.2 Å². The van der Waals surface area contributed by atoms with Crippen LogP contribution < -0.4 is 5.32 Å². The minimum Gasteiger partial charge on any atom is -0.481 e. The third-order valence-electron chi connectivity index (χ3n) is 6.89. The number of nitrogens with zero attached hydrogens (tertiary/aromatic N) is 1. The Hall–Kier alpha value is -2.13. The molecule has 1 aromatic heterocycles. The van der Waals surface area contributed by atoms with Crippen LogP contribution in [0.1, 0.15) is 49.6 Å². The van der Waals surface area contributed by atoms with Gasteiger partial charge < -0.3 is 10.4 Å². The van der Waals surface area contributed by atoms with E-state index >= 15 is 0 Å². The Labute approximate surface area is 169 Å². The zero-order chi connectivity index (χ0) is 20.2. The Balaban J connectivity index is 1.59. The molecule has 3 aliphatic carbocycles. The molecule has 0 aromatic carbocycles. The summed E-state index contributed by atoms with van der Waals surface area (Å²) in [6, 6.07) is 2.29. The van der Waals surface area contributed by atoms with Crippen molar-refractivity contribution in [2.75, 3.05) is 5.32 Å². The molecule has 4 rings (SSSR count). The van der Waals surface area contributed by atoms with Gasteiger partial charge in [-0.3, -0.25) is 9.59 Å². The third-order valence-corrected chi connectivity index (χ3v) is 8.06. The molecule has 5 atom stereocenters. The molecule has 5 nitrogen and oxygen atoms in total. The van der Waals surface area contributed by atoms with Crippen LogP contribution >= 0.6 is 11.3 Å². The SMILES string of the molecule is CC(C)(C)[C@H]1CCc2c(sc(NC(=O)[C@H]3[C@@H](C(=O)O)[C@H]4C=C[C@H]3C4)c2C#N)C1. The summed E-state index contributed by atoms with van der Waals surface area (Å²) in [6.07, 6.45) is 7.49. The summed E-state index contributed by atoms with van der Waals surface area (Å²) in [4.78, 5) is 25.9. The van der Waals surface area contributed by atoms with Gasteiger partial charge in [0.25, 0.3) is 0 Å². The number of carboxylic acids is 1. The van der Waals surface area contributed by atoms with E-state index in [1.807, 2.05) is 12.2 Å². The molecule has 2 bridgehead atoms. The Kier molecular flexibility index (Phi) is 4.62. The predicted molar refractivity (Wildman–Crippen MR) is 108 cm³/mol. The maximum absolute atomic E-state index is 13.0. The highest BCUT2D eigenvalue weighted by molar-refractivity contribution is 7.16. The fraction of sp³-hybridized carbons (Fsp3) is 0.591. The van der Waals surface area contributed by atoms with Gasteiger partial charge in [0.2, 0.25) is 5.91 Å². The van der Waals surface area contributed by atoms with Crippen LogP contribution in [0.2, 0.25) is 0 Å². The summed E-state index contributed by atoms with van der Waals surface area (Å²) in [5, 5.41) is 22.9. The average Bonchev–Trinajstić information content (AvgIpc) is 3.31. The minimum atomic E-state index is -0.906. The number of nitrogens with one attached hydrogen (secondary N) is 1. The van der Waals surface area contributed by atoms with Gasteiger partial charge in [-0.2, -0.15) is 5.26 Å². The first-order valence-corrected chi connectivity index (χ1v) is 10.8.